The molecule has 1 unspecified atom stereocenters. The molecule has 0 aliphatic carbocycles. The van der Waals surface area contributed by atoms with Gasteiger partial charge in [0.05, 0.1) is 31.1 Å². The first-order chi connectivity index (χ1) is 15.9. The lowest BCUT2D eigenvalue weighted by molar-refractivity contribution is -0.141. The Kier molecular flexibility index (Phi) is 8.35. The van der Waals surface area contributed by atoms with Gasteiger partial charge in [-0.3, -0.25) is 4.79 Å². The number of benzene rings is 3. The molecule has 172 valence electrons. The largest absolute Gasteiger partial charge is 0.478 e. The van der Waals surface area contributed by atoms with Crippen molar-refractivity contribution in [2.45, 2.75) is 33.2 Å². The van der Waals surface area contributed by atoms with Crippen LogP contribution in [0, 0.1) is 5.41 Å². The maximum Gasteiger partial charge on any atom is 0.337 e. The van der Waals surface area contributed by atoms with Gasteiger partial charge in [0.15, 0.2) is 0 Å². The minimum atomic E-state index is -1.11. The van der Waals surface area contributed by atoms with Crippen LogP contribution in [0.1, 0.15) is 35.3 Å². The van der Waals surface area contributed by atoms with Crippen LogP contribution in [0.5, 0.6) is 0 Å². The molecule has 0 aliphatic heterocycles. The van der Waals surface area contributed by atoms with Gasteiger partial charge in [0.25, 0.3) is 5.91 Å². The van der Waals surface area contributed by atoms with Crippen LogP contribution in [-0.2, 0) is 27.5 Å². The second kappa shape index (κ2) is 11.4. The molecule has 0 fully saturated rings. The molecule has 0 aromatic heterocycles. The first kappa shape index (κ1) is 24.2. The van der Waals surface area contributed by atoms with E-state index in [9.17, 15) is 14.7 Å². The number of carbonyl (C=O) groups is 2. The van der Waals surface area contributed by atoms with Gasteiger partial charge in [0.2, 0.25) is 0 Å². The number of amides is 1. The number of carboxylic acid groups (broad SMARTS) is 1. The van der Waals surface area contributed by atoms with E-state index in [2.05, 4.69) is 5.32 Å². The molecular weight excluding hydrogens is 418 g/mol. The highest BCUT2D eigenvalue weighted by atomic mass is 16.5. The zero-order valence-corrected chi connectivity index (χ0v) is 18.9. The summed E-state index contributed by atoms with van der Waals surface area (Å²) in [6.45, 7) is 4.72. The van der Waals surface area contributed by atoms with E-state index in [1.54, 1.807) is 18.2 Å². The quantitative estimate of drug-likeness (QED) is 0.425. The van der Waals surface area contributed by atoms with E-state index >= 15 is 0 Å². The lowest BCUT2D eigenvalue weighted by atomic mass is 9.86. The van der Waals surface area contributed by atoms with Crippen molar-refractivity contribution in [1.29, 1.82) is 0 Å². The Morgan fingerprint density at radius 2 is 1.39 bits per heavy atom. The average Bonchev–Trinajstić information content (AvgIpc) is 2.80. The molecule has 3 rings (SSSR count). The zero-order chi connectivity index (χ0) is 23.7. The second-order valence-electron chi connectivity index (χ2n) is 8.48. The lowest BCUT2D eigenvalue weighted by Crippen LogP contribution is -2.45. The third-order valence-corrected chi connectivity index (χ3v) is 5.21. The molecule has 0 saturated heterocycles. The van der Waals surface area contributed by atoms with Gasteiger partial charge in [-0.05, 0) is 23.3 Å². The Labute approximate surface area is 194 Å². The maximum atomic E-state index is 13.3. The monoisotopic (exact) mass is 447 g/mol. The van der Waals surface area contributed by atoms with Crippen molar-refractivity contribution in [2.75, 3.05) is 11.9 Å². The number of carboxylic acids is 1. The molecule has 1 atom stereocenters. The number of hydrogen-bond acceptors (Lipinski definition) is 4. The van der Waals surface area contributed by atoms with E-state index in [0.29, 0.717) is 6.61 Å². The van der Waals surface area contributed by atoms with Crippen LogP contribution in [0.4, 0.5) is 5.69 Å². The average molecular weight is 448 g/mol. The van der Waals surface area contributed by atoms with Gasteiger partial charge >= 0.3 is 5.97 Å². The standard InChI is InChI=1S/C27H29NO5/c1-27(2,19-32-17-20-11-5-3-6-12-20)24(33-18-21-13-7-4-8-14-21)25(29)28-23-16-10-9-15-22(23)26(30)31/h3-16,24H,17-19H2,1-2H3,(H,28,29)(H,30,31). The smallest absolute Gasteiger partial charge is 0.337 e. The number of hydrogen-bond donors (Lipinski definition) is 2. The molecule has 0 bridgehead atoms. The molecule has 0 spiro atoms. The van der Waals surface area contributed by atoms with Crippen molar-refractivity contribution in [1.82, 2.24) is 0 Å². The number of anilines is 1. The first-order valence-corrected chi connectivity index (χ1v) is 10.8. The van der Waals surface area contributed by atoms with Crippen molar-refractivity contribution in [2.24, 2.45) is 5.41 Å². The summed E-state index contributed by atoms with van der Waals surface area (Å²) in [5.41, 5.74) is 1.53. The Bertz CT molecular complexity index is 1050. The third kappa shape index (κ3) is 7.00. The Morgan fingerprint density at radius 1 is 0.848 bits per heavy atom. The van der Waals surface area contributed by atoms with Gasteiger partial charge in [-0.1, -0.05) is 86.6 Å². The van der Waals surface area contributed by atoms with Gasteiger partial charge in [-0.15, -0.1) is 0 Å². The lowest BCUT2D eigenvalue weighted by Gasteiger charge is -2.33. The van der Waals surface area contributed by atoms with Gasteiger partial charge < -0.3 is 19.9 Å². The van der Waals surface area contributed by atoms with Gasteiger partial charge in [0.1, 0.15) is 6.10 Å². The van der Waals surface area contributed by atoms with Crippen LogP contribution in [0.15, 0.2) is 84.9 Å². The number of rotatable bonds is 11. The third-order valence-electron chi connectivity index (χ3n) is 5.21. The summed E-state index contributed by atoms with van der Waals surface area (Å²) in [4.78, 5) is 24.9. The predicted octanol–water partition coefficient (Wildman–Crippen LogP) is 5.15. The summed E-state index contributed by atoms with van der Waals surface area (Å²) in [6, 6.07) is 25.7. The van der Waals surface area contributed by atoms with Crippen LogP contribution in [0.2, 0.25) is 0 Å². The zero-order valence-electron chi connectivity index (χ0n) is 18.9. The van der Waals surface area contributed by atoms with E-state index in [-0.39, 0.29) is 24.5 Å². The van der Waals surface area contributed by atoms with Gasteiger partial charge in [-0.25, -0.2) is 4.79 Å². The molecule has 33 heavy (non-hydrogen) atoms. The fourth-order valence-corrected chi connectivity index (χ4v) is 3.47. The summed E-state index contributed by atoms with van der Waals surface area (Å²) >= 11 is 0. The van der Waals surface area contributed by atoms with Crippen molar-refractivity contribution >= 4 is 17.6 Å². The molecule has 0 saturated carbocycles. The van der Waals surface area contributed by atoms with Crippen molar-refractivity contribution in [3.8, 4) is 0 Å². The van der Waals surface area contributed by atoms with E-state index in [4.69, 9.17) is 9.47 Å². The molecule has 6 heteroatoms. The Balaban J connectivity index is 1.75. The van der Waals surface area contributed by atoms with Crippen LogP contribution < -0.4 is 5.32 Å². The van der Waals surface area contributed by atoms with Crippen LogP contribution >= 0.6 is 0 Å². The van der Waals surface area contributed by atoms with E-state index < -0.39 is 23.4 Å². The molecule has 0 heterocycles. The molecule has 2 N–H and O–H groups in total. The minimum Gasteiger partial charge on any atom is -0.478 e. The van der Waals surface area contributed by atoms with Crippen molar-refractivity contribution in [3.63, 3.8) is 0 Å². The van der Waals surface area contributed by atoms with Crippen LogP contribution in [-0.4, -0.2) is 29.7 Å². The Hall–Kier alpha value is -3.48. The summed E-state index contributed by atoms with van der Waals surface area (Å²) < 4.78 is 12.0. The summed E-state index contributed by atoms with van der Waals surface area (Å²) in [6.07, 6.45) is -0.879. The summed E-state index contributed by atoms with van der Waals surface area (Å²) in [5.74, 6) is -1.54. The highest BCUT2D eigenvalue weighted by Crippen LogP contribution is 2.28. The van der Waals surface area contributed by atoms with Gasteiger partial charge in [-0.2, -0.15) is 0 Å². The van der Waals surface area contributed by atoms with Crippen LogP contribution in [0.3, 0.4) is 0 Å². The number of aromatic carboxylic acids is 1. The number of carbonyl (C=O) groups excluding carboxylic acids is 1. The van der Waals surface area contributed by atoms with E-state index in [1.165, 1.54) is 6.07 Å². The number of nitrogens with one attached hydrogen (secondary N) is 1. The molecule has 0 radical (unpaired) electrons. The fraction of sp³-hybridized carbons (Fsp3) is 0.259. The molecule has 3 aromatic carbocycles. The molecular formula is C27H29NO5. The predicted molar refractivity (Wildman–Crippen MR) is 127 cm³/mol. The summed E-state index contributed by atoms with van der Waals surface area (Å²) in [5, 5.41) is 12.2. The normalized spacial score (nSPS) is 12.2. The van der Waals surface area contributed by atoms with E-state index in [1.807, 2.05) is 74.5 Å². The van der Waals surface area contributed by atoms with Crippen molar-refractivity contribution in [3.05, 3.63) is 102 Å². The fourth-order valence-electron chi connectivity index (χ4n) is 3.47. The number of para-hydroxylation sites is 1. The molecule has 1 amide bonds. The van der Waals surface area contributed by atoms with Crippen LogP contribution in [0.25, 0.3) is 0 Å². The highest BCUT2D eigenvalue weighted by molar-refractivity contribution is 6.02. The minimum absolute atomic E-state index is 0.0193. The maximum absolute atomic E-state index is 13.3. The highest BCUT2D eigenvalue weighted by Gasteiger charge is 2.37. The molecule has 0 aliphatic rings. The number of ether oxygens (including phenoxy) is 2. The molecule has 6 nitrogen and oxygen atoms in total. The molecule has 3 aromatic rings. The van der Waals surface area contributed by atoms with E-state index in [0.717, 1.165) is 11.1 Å². The second-order valence-corrected chi connectivity index (χ2v) is 8.48. The van der Waals surface area contributed by atoms with Gasteiger partial charge in [0, 0.05) is 5.41 Å². The summed E-state index contributed by atoms with van der Waals surface area (Å²) in [7, 11) is 0. The van der Waals surface area contributed by atoms with Crippen molar-refractivity contribution < 1.29 is 24.2 Å². The SMILES string of the molecule is CC(C)(COCc1ccccc1)C(OCc1ccccc1)C(=O)Nc1ccccc1C(=O)O. The topological polar surface area (TPSA) is 84.9 Å². The first-order valence-electron chi connectivity index (χ1n) is 10.8. The Morgan fingerprint density at radius 3 is 2.00 bits per heavy atom.